The molecule has 0 saturated heterocycles. The van der Waals surface area contributed by atoms with Crippen molar-refractivity contribution < 1.29 is 4.79 Å². The molecule has 4 heteroatoms. The first-order valence-corrected chi connectivity index (χ1v) is 6.92. The van der Waals surface area contributed by atoms with Crippen LogP contribution in [-0.2, 0) is 0 Å². The number of pyridine rings is 1. The summed E-state index contributed by atoms with van der Waals surface area (Å²) in [6, 6.07) is 5.23. The zero-order valence-electron chi connectivity index (χ0n) is 10.8. The van der Waals surface area contributed by atoms with E-state index in [9.17, 15) is 4.79 Å². The molecule has 2 saturated carbocycles. The minimum Gasteiger partial charge on any atom is -0.350 e. The Bertz CT molecular complexity index is 497. The van der Waals surface area contributed by atoms with E-state index in [0.29, 0.717) is 17.2 Å². The van der Waals surface area contributed by atoms with E-state index in [2.05, 4.69) is 10.3 Å². The summed E-state index contributed by atoms with van der Waals surface area (Å²) in [5.74, 6) is 2.21. The van der Waals surface area contributed by atoms with Crippen LogP contribution in [0.1, 0.15) is 41.7 Å². The molecule has 1 amide bonds. The highest BCUT2D eigenvalue weighted by atomic mass is 16.1. The predicted molar refractivity (Wildman–Crippen MR) is 70.2 cm³/mol. The van der Waals surface area contributed by atoms with Gasteiger partial charge in [0.25, 0.3) is 5.91 Å². The van der Waals surface area contributed by atoms with E-state index in [1.54, 1.807) is 12.1 Å². The lowest BCUT2D eigenvalue weighted by Crippen LogP contribution is -2.31. The Labute approximate surface area is 112 Å². The van der Waals surface area contributed by atoms with Crippen molar-refractivity contribution in [3.05, 3.63) is 29.6 Å². The summed E-state index contributed by atoms with van der Waals surface area (Å²) in [7, 11) is 0. The number of amides is 1. The molecule has 19 heavy (non-hydrogen) atoms. The second kappa shape index (κ2) is 5.00. The third-order valence-corrected chi connectivity index (χ3v) is 4.08. The molecule has 0 aliphatic heterocycles. The topological polar surface area (TPSA) is 65.8 Å². The van der Waals surface area contributed by atoms with E-state index >= 15 is 0 Å². The smallest absolute Gasteiger partial charge is 0.269 e. The molecule has 3 rings (SSSR count). The normalized spacial score (nSPS) is 18.1. The Morgan fingerprint density at radius 3 is 2.53 bits per heavy atom. The van der Waals surface area contributed by atoms with Crippen molar-refractivity contribution in [2.24, 2.45) is 17.8 Å². The van der Waals surface area contributed by atoms with Crippen molar-refractivity contribution in [3.63, 3.8) is 0 Å². The average molecular weight is 255 g/mol. The largest absolute Gasteiger partial charge is 0.350 e. The molecule has 0 atom stereocenters. The van der Waals surface area contributed by atoms with Gasteiger partial charge in [0, 0.05) is 12.7 Å². The molecule has 0 spiro atoms. The zero-order chi connectivity index (χ0) is 13.2. The van der Waals surface area contributed by atoms with Gasteiger partial charge in [-0.3, -0.25) is 4.79 Å². The molecule has 98 valence electrons. The lowest BCUT2D eigenvalue weighted by molar-refractivity contribution is 0.0938. The number of rotatable bonds is 5. The van der Waals surface area contributed by atoms with Gasteiger partial charge in [-0.1, -0.05) is 0 Å². The van der Waals surface area contributed by atoms with E-state index in [4.69, 9.17) is 5.26 Å². The van der Waals surface area contributed by atoms with Crippen molar-refractivity contribution >= 4 is 5.91 Å². The lowest BCUT2D eigenvalue weighted by Gasteiger charge is -2.15. The molecule has 1 aromatic rings. The van der Waals surface area contributed by atoms with Crippen LogP contribution >= 0.6 is 0 Å². The fourth-order valence-corrected chi connectivity index (χ4v) is 2.66. The van der Waals surface area contributed by atoms with Gasteiger partial charge in [0.05, 0.1) is 5.56 Å². The molecule has 2 aliphatic rings. The number of carbonyl (C=O) groups excluding carboxylic acids is 1. The maximum atomic E-state index is 12.0. The van der Waals surface area contributed by atoms with Crippen LogP contribution in [-0.4, -0.2) is 17.4 Å². The number of hydrogen-bond acceptors (Lipinski definition) is 3. The molecule has 0 bridgehead atoms. The van der Waals surface area contributed by atoms with Crippen LogP contribution in [0.3, 0.4) is 0 Å². The molecule has 1 heterocycles. The van der Waals surface area contributed by atoms with Gasteiger partial charge < -0.3 is 5.32 Å². The molecular formula is C15H17N3O. The van der Waals surface area contributed by atoms with Gasteiger partial charge in [0.2, 0.25) is 0 Å². The number of carbonyl (C=O) groups is 1. The Hall–Kier alpha value is -1.89. The number of hydrogen-bond donors (Lipinski definition) is 1. The molecule has 4 nitrogen and oxygen atoms in total. The zero-order valence-corrected chi connectivity index (χ0v) is 10.8. The summed E-state index contributed by atoms with van der Waals surface area (Å²) in [5.41, 5.74) is 0.870. The molecule has 0 unspecified atom stereocenters. The fourth-order valence-electron chi connectivity index (χ4n) is 2.66. The van der Waals surface area contributed by atoms with E-state index in [0.717, 1.165) is 18.4 Å². The maximum absolute atomic E-state index is 12.0. The first-order valence-electron chi connectivity index (χ1n) is 6.92. The van der Waals surface area contributed by atoms with Gasteiger partial charge in [-0.2, -0.15) is 5.26 Å². The molecular weight excluding hydrogens is 238 g/mol. The van der Waals surface area contributed by atoms with Gasteiger partial charge in [-0.25, -0.2) is 4.98 Å². The van der Waals surface area contributed by atoms with Crippen LogP contribution in [0.2, 0.25) is 0 Å². The van der Waals surface area contributed by atoms with Crippen LogP contribution in [0.5, 0.6) is 0 Å². The van der Waals surface area contributed by atoms with E-state index in [1.165, 1.54) is 31.9 Å². The summed E-state index contributed by atoms with van der Waals surface area (Å²) in [4.78, 5) is 16.0. The Balaban J connectivity index is 1.56. The molecule has 1 N–H and O–H groups in total. The SMILES string of the molecule is N#Cc1ccc(C(=O)NCC(C2CC2)C2CC2)nc1. The van der Waals surface area contributed by atoms with Crippen LogP contribution in [0.25, 0.3) is 0 Å². The summed E-state index contributed by atoms with van der Waals surface area (Å²) in [6.07, 6.45) is 6.74. The molecule has 0 aromatic carbocycles. The minimum absolute atomic E-state index is 0.129. The van der Waals surface area contributed by atoms with E-state index in [-0.39, 0.29) is 5.91 Å². The van der Waals surface area contributed by atoms with Crippen molar-refractivity contribution in [3.8, 4) is 6.07 Å². The average Bonchev–Trinajstić information content (AvgIpc) is 3.31. The predicted octanol–water partition coefficient (Wildman–Crippen LogP) is 2.12. The van der Waals surface area contributed by atoms with Gasteiger partial charge in [0.15, 0.2) is 0 Å². The summed E-state index contributed by atoms with van der Waals surface area (Å²) < 4.78 is 0. The number of aromatic nitrogens is 1. The maximum Gasteiger partial charge on any atom is 0.269 e. The third kappa shape index (κ3) is 2.93. The number of nitrogens with zero attached hydrogens (tertiary/aromatic N) is 2. The quantitative estimate of drug-likeness (QED) is 0.876. The fraction of sp³-hybridized carbons (Fsp3) is 0.533. The standard InChI is InChI=1S/C15H17N3O/c16-7-10-1-6-14(17-8-10)15(19)18-9-13(11-2-3-11)12-4-5-12/h1,6,8,11-13H,2-5,9H2,(H,18,19). The van der Waals surface area contributed by atoms with Gasteiger partial charge in [0.1, 0.15) is 11.8 Å². The van der Waals surface area contributed by atoms with Crippen LogP contribution < -0.4 is 5.32 Å². The van der Waals surface area contributed by atoms with E-state index < -0.39 is 0 Å². The Morgan fingerprint density at radius 1 is 1.37 bits per heavy atom. The van der Waals surface area contributed by atoms with Crippen molar-refractivity contribution in [1.29, 1.82) is 5.26 Å². The van der Waals surface area contributed by atoms with Gasteiger partial charge >= 0.3 is 0 Å². The van der Waals surface area contributed by atoms with E-state index in [1.807, 2.05) is 6.07 Å². The molecule has 2 aliphatic carbocycles. The van der Waals surface area contributed by atoms with Crippen molar-refractivity contribution in [1.82, 2.24) is 10.3 Å². The molecule has 1 aromatic heterocycles. The highest BCUT2D eigenvalue weighted by Gasteiger charge is 2.41. The molecule has 2 fully saturated rings. The highest BCUT2D eigenvalue weighted by Crippen LogP contribution is 2.48. The minimum atomic E-state index is -0.129. The number of nitriles is 1. The lowest BCUT2D eigenvalue weighted by atomic mass is 9.98. The first kappa shape index (κ1) is 12.2. The third-order valence-electron chi connectivity index (χ3n) is 4.08. The summed E-state index contributed by atoms with van der Waals surface area (Å²) in [6.45, 7) is 0.774. The first-order chi connectivity index (χ1) is 9.28. The second-order valence-electron chi connectivity index (χ2n) is 5.59. The number of nitrogens with one attached hydrogen (secondary N) is 1. The van der Waals surface area contributed by atoms with Crippen molar-refractivity contribution in [2.75, 3.05) is 6.54 Å². The van der Waals surface area contributed by atoms with Crippen LogP contribution in [0.15, 0.2) is 18.3 Å². The van der Waals surface area contributed by atoms with Gasteiger partial charge in [-0.05, 0) is 55.6 Å². The second-order valence-corrected chi connectivity index (χ2v) is 5.59. The monoisotopic (exact) mass is 255 g/mol. The highest BCUT2D eigenvalue weighted by molar-refractivity contribution is 5.92. The van der Waals surface area contributed by atoms with Crippen LogP contribution in [0, 0.1) is 29.1 Å². The Morgan fingerprint density at radius 2 is 2.05 bits per heavy atom. The summed E-state index contributed by atoms with van der Waals surface area (Å²) in [5, 5.41) is 11.7. The Kier molecular flexibility index (Phi) is 3.20. The van der Waals surface area contributed by atoms with Crippen molar-refractivity contribution in [2.45, 2.75) is 25.7 Å². The summed E-state index contributed by atoms with van der Waals surface area (Å²) >= 11 is 0. The van der Waals surface area contributed by atoms with Crippen LogP contribution in [0.4, 0.5) is 0 Å². The van der Waals surface area contributed by atoms with Gasteiger partial charge in [-0.15, -0.1) is 0 Å². The molecule has 0 radical (unpaired) electrons.